The van der Waals surface area contributed by atoms with Gasteiger partial charge in [-0.2, -0.15) is 4.99 Å². The number of benzene rings is 1. The molecule has 1 aromatic carbocycles. The highest BCUT2D eigenvalue weighted by Gasteiger charge is 2.08. The van der Waals surface area contributed by atoms with Gasteiger partial charge in [-0.15, -0.1) is 0 Å². The molecule has 0 aliphatic carbocycles. The Labute approximate surface area is 115 Å². The molecule has 1 heterocycles. The summed E-state index contributed by atoms with van der Waals surface area (Å²) >= 11 is 0. The lowest BCUT2D eigenvalue weighted by Gasteiger charge is -1.99. The fraction of sp³-hybridized carbons (Fsp3) is 0.231. The number of guanidine groups is 2. The van der Waals surface area contributed by atoms with E-state index in [1.54, 1.807) is 6.07 Å². The molecule has 0 spiro atoms. The van der Waals surface area contributed by atoms with E-state index < -0.39 is 0 Å². The second kappa shape index (κ2) is 5.60. The van der Waals surface area contributed by atoms with Crippen LogP contribution in [0, 0.1) is 12.7 Å². The Bertz CT molecular complexity index is 681. The minimum Gasteiger partial charge on any atom is -0.370 e. The van der Waals surface area contributed by atoms with Crippen LogP contribution >= 0.6 is 0 Å². The van der Waals surface area contributed by atoms with Gasteiger partial charge in [0.15, 0.2) is 5.96 Å². The number of H-pyrrole nitrogens is 1. The Morgan fingerprint density at radius 3 is 2.75 bits per heavy atom. The predicted octanol–water partition coefficient (Wildman–Crippen LogP) is 0.746. The molecule has 0 fully saturated rings. The number of hydrogen-bond donors (Lipinski definition) is 4. The summed E-state index contributed by atoms with van der Waals surface area (Å²) in [5.74, 6) is -0.334. The Morgan fingerprint density at radius 2 is 2.05 bits per heavy atom. The van der Waals surface area contributed by atoms with Crippen molar-refractivity contribution in [2.75, 3.05) is 6.54 Å². The lowest BCUT2D eigenvalue weighted by atomic mass is 10.1. The predicted molar refractivity (Wildman–Crippen MR) is 79.0 cm³/mol. The van der Waals surface area contributed by atoms with E-state index in [0.717, 1.165) is 22.2 Å². The van der Waals surface area contributed by atoms with Gasteiger partial charge >= 0.3 is 0 Å². The van der Waals surface area contributed by atoms with Crippen molar-refractivity contribution in [1.82, 2.24) is 4.98 Å². The molecular formula is C13H17FN6. The third-order valence-corrected chi connectivity index (χ3v) is 2.96. The van der Waals surface area contributed by atoms with E-state index >= 15 is 0 Å². The molecule has 0 radical (unpaired) electrons. The first kappa shape index (κ1) is 13.9. The zero-order chi connectivity index (χ0) is 14.7. The van der Waals surface area contributed by atoms with Gasteiger partial charge in [0.1, 0.15) is 5.82 Å². The third-order valence-electron chi connectivity index (χ3n) is 2.96. The van der Waals surface area contributed by atoms with Crippen LogP contribution in [0.3, 0.4) is 0 Å². The zero-order valence-corrected chi connectivity index (χ0v) is 11.2. The van der Waals surface area contributed by atoms with Crippen LogP contribution in [0.1, 0.15) is 11.3 Å². The van der Waals surface area contributed by atoms with Crippen molar-refractivity contribution in [2.24, 2.45) is 27.2 Å². The van der Waals surface area contributed by atoms with Crippen LogP contribution in [-0.4, -0.2) is 23.4 Å². The number of aromatic amines is 1. The van der Waals surface area contributed by atoms with Crippen molar-refractivity contribution in [3.05, 3.63) is 35.3 Å². The number of nitrogens with one attached hydrogen (secondary N) is 1. The summed E-state index contributed by atoms with van der Waals surface area (Å²) in [6, 6.07) is 4.67. The fourth-order valence-corrected chi connectivity index (χ4v) is 2.13. The molecule has 6 nitrogen and oxygen atoms in total. The summed E-state index contributed by atoms with van der Waals surface area (Å²) in [6.07, 6.45) is 0.665. The van der Waals surface area contributed by atoms with E-state index in [1.165, 1.54) is 12.1 Å². The molecule has 7 heteroatoms. The van der Waals surface area contributed by atoms with Crippen LogP contribution < -0.4 is 17.2 Å². The highest BCUT2D eigenvalue weighted by Crippen LogP contribution is 2.23. The highest BCUT2D eigenvalue weighted by molar-refractivity contribution is 5.92. The summed E-state index contributed by atoms with van der Waals surface area (Å²) in [7, 11) is 0. The number of fused-ring (bicyclic) bond motifs is 1. The third kappa shape index (κ3) is 3.05. The molecule has 2 rings (SSSR count). The minimum atomic E-state index is -0.264. The maximum absolute atomic E-state index is 13.2. The molecule has 7 N–H and O–H groups in total. The van der Waals surface area contributed by atoms with Crippen LogP contribution in [-0.2, 0) is 6.42 Å². The van der Waals surface area contributed by atoms with Gasteiger partial charge in [0.2, 0.25) is 5.96 Å². The first-order chi connectivity index (χ1) is 9.47. The number of aliphatic imine (C=N–C) groups is 2. The highest BCUT2D eigenvalue weighted by atomic mass is 19.1. The molecule has 0 aliphatic heterocycles. The Hall–Kier alpha value is -2.57. The molecule has 1 aromatic heterocycles. The first-order valence-electron chi connectivity index (χ1n) is 6.13. The summed E-state index contributed by atoms with van der Waals surface area (Å²) in [5, 5.41) is 0.986. The van der Waals surface area contributed by atoms with Crippen molar-refractivity contribution in [3.63, 3.8) is 0 Å². The number of rotatable bonds is 3. The van der Waals surface area contributed by atoms with Gasteiger partial charge in [-0.1, -0.05) is 0 Å². The number of hydrogen-bond acceptors (Lipinski definition) is 1. The van der Waals surface area contributed by atoms with Gasteiger partial charge in [0.05, 0.1) is 0 Å². The lowest BCUT2D eigenvalue weighted by molar-refractivity contribution is 0.629. The molecular weight excluding hydrogens is 259 g/mol. The summed E-state index contributed by atoms with van der Waals surface area (Å²) in [4.78, 5) is 10.8. The standard InChI is InChI=1S/C13H17FN6/c1-7-9(4-5-18-13(17)20-12(15)16)10-3-2-8(14)6-11(10)19-7/h2-3,6,19H,4-5H2,1H3,(H6,15,16,17,18,20). The fourth-order valence-electron chi connectivity index (χ4n) is 2.13. The molecule has 0 amide bonds. The van der Waals surface area contributed by atoms with Gasteiger partial charge in [-0.25, -0.2) is 4.39 Å². The molecule has 0 atom stereocenters. The number of nitrogens with zero attached hydrogens (tertiary/aromatic N) is 2. The van der Waals surface area contributed by atoms with E-state index in [2.05, 4.69) is 15.0 Å². The van der Waals surface area contributed by atoms with Crippen LogP contribution in [0.15, 0.2) is 28.2 Å². The van der Waals surface area contributed by atoms with E-state index in [1.807, 2.05) is 6.92 Å². The van der Waals surface area contributed by atoms with Gasteiger partial charge in [0.25, 0.3) is 0 Å². The van der Waals surface area contributed by atoms with Crippen molar-refractivity contribution >= 4 is 22.8 Å². The Kier molecular flexibility index (Phi) is 3.88. The van der Waals surface area contributed by atoms with Gasteiger partial charge in [-0.05, 0) is 37.1 Å². The van der Waals surface area contributed by atoms with Gasteiger partial charge in [0, 0.05) is 23.1 Å². The summed E-state index contributed by atoms with van der Waals surface area (Å²) in [5.41, 5.74) is 18.8. The molecule has 106 valence electrons. The lowest BCUT2D eigenvalue weighted by Crippen LogP contribution is -2.26. The SMILES string of the molecule is Cc1[nH]c2cc(F)ccc2c1CCN=C(N)N=C(N)N. The number of aromatic nitrogens is 1. The number of nitrogens with two attached hydrogens (primary N) is 3. The van der Waals surface area contributed by atoms with Crippen molar-refractivity contribution < 1.29 is 4.39 Å². The summed E-state index contributed by atoms with van der Waals surface area (Å²) in [6.45, 7) is 2.39. The van der Waals surface area contributed by atoms with E-state index in [9.17, 15) is 4.39 Å². The molecule has 0 aliphatic rings. The number of halogens is 1. The molecule has 0 unspecified atom stereocenters. The van der Waals surface area contributed by atoms with Gasteiger partial charge < -0.3 is 22.2 Å². The first-order valence-corrected chi connectivity index (χ1v) is 6.13. The molecule has 0 saturated heterocycles. The Morgan fingerprint density at radius 1 is 1.30 bits per heavy atom. The second-order valence-electron chi connectivity index (χ2n) is 4.45. The average Bonchev–Trinajstić information content (AvgIpc) is 2.64. The molecule has 0 saturated carbocycles. The monoisotopic (exact) mass is 276 g/mol. The largest absolute Gasteiger partial charge is 0.370 e. The zero-order valence-electron chi connectivity index (χ0n) is 11.2. The molecule has 0 bridgehead atoms. The molecule has 2 aromatic rings. The van der Waals surface area contributed by atoms with Gasteiger partial charge in [-0.3, -0.25) is 4.99 Å². The van der Waals surface area contributed by atoms with E-state index in [0.29, 0.717) is 13.0 Å². The van der Waals surface area contributed by atoms with Crippen molar-refractivity contribution in [2.45, 2.75) is 13.3 Å². The average molecular weight is 276 g/mol. The maximum atomic E-state index is 13.2. The normalized spacial score (nSPS) is 11.8. The van der Waals surface area contributed by atoms with Crippen LogP contribution in [0.5, 0.6) is 0 Å². The topological polar surface area (TPSA) is 119 Å². The van der Waals surface area contributed by atoms with E-state index in [-0.39, 0.29) is 17.7 Å². The summed E-state index contributed by atoms with van der Waals surface area (Å²) < 4.78 is 13.2. The van der Waals surface area contributed by atoms with Crippen LogP contribution in [0.25, 0.3) is 10.9 Å². The minimum absolute atomic E-state index is 0.0496. The molecule has 20 heavy (non-hydrogen) atoms. The quantitative estimate of drug-likeness (QED) is 0.489. The van der Waals surface area contributed by atoms with Crippen molar-refractivity contribution in [1.29, 1.82) is 0 Å². The van der Waals surface area contributed by atoms with Crippen molar-refractivity contribution in [3.8, 4) is 0 Å². The number of aryl methyl sites for hydroxylation is 1. The Balaban J connectivity index is 2.18. The second-order valence-corrected chi connectivity index (χ2v) is 4.45. The van der Waals surface area contributed by atoms with E-state index in [4.69, 9.17) is 17.2 Å². The smallest absolute Gasteiger partial charge is 0.218 e. The maximum Gasteiger partial charge on any atom is 0.218 e. The van der Waals surface area contributed by atoms with Crippen LogP contribution in [0.2, 0.25) is 0 Å². The van der Waals surface area contributed by atoms with Crippen LogP contribution in [0.4, 0.5) is 4.39 Å².